The zero-order valence-electron chi connectivity index (χ0n) is 25.7. The summed E-state index contributed by atoms with van der Waals surface area (Å²) in [5, 5.41) is 5.77. The molecule has 0 radical (unpaired) electrons. The third-order valence-electron chi connectivity index (χ3n) is 7.56. The van der Waals surface area contributed by atoms with E-state index >= 15 is 0 Å². The summed E-state index contributed by atoms with van der Waals surface area (Å²) in [4.78, 5) is 33.1. The number of fused-ring (bicyclic) bond motifs is 2. The van der Waals surface area contributed by atoms with Crippen LogP contribution >= 0.6 is 0 Å². The van der Waals surface area contributed by atoms with Crippen molar-refractivity contribution in [2.24, 2.45) is 5.10 Å². The molecule has 0 spiro atoms. The Balaban J connectivity index is 1.40. The average Bonchev–Trinajstić information content (AvgIpc) is 3.53. The van der Waals surface area contributed by atoms with E-state index in [9.17, 15) is 9.59 Å². The fourth-order valence-corrected chi connectivity index (χ4v) is 5.37. The number of aromatic nitrogens is 2. The second-order valence-electron chi connectivity index (χ2n) is 10.5. The highest BCUT2D eigenvalue weighted by Crippen LogP contribution is 2.35. The summed E-state index contributed by atoms with van der Waals surface area (Å²) >= 11 is 0. The van der Waals surface area contributed by atoms with Crippen molar-refractivity contribution < 1.29 is 28.2 Å². The van der Waals surface area contributed by atoms with Gasteiger partial charge in [0.15, 0.2) is 23.9 Å². The first-order valence-electron chi connectivity index (χ1n) is 15.0. The molecule has 1 fully saturated rings. The molecule has 0 atom stereocenters. The topological polar surface area (TPSA) is 118 Å². The summed E-state index contributed by atoms with van der Waals surface area (Å²) in [6, 6.07) is 18.0. The Morgan fingerprint density at radius 3 is 2.65 bits per heavy atom. The minimum atomic E-state index is -0.359. The molecule has 0 saturated carbocycles. The van der Waals surface area contributed by atoms with E-state index in [0.717, 1.165) is 10.9 Å². The number of allylic oxidation sites excluding steroid dienone is 1. The van der Waals surface area contributed by atoms with Crippen LogP contribution in [0.3, 0.4) is 0 Å². The van der Waals surface area contributed by atoms with Crippen molar-refractivity contribution in [1.29, 1.82) is 0 Å². The lowest BCUT2D eigenvalue weighted by atomic mass is 10.1. The molecular formula is C35H34N4O7. The lowest BCUT2D eigenvalue weighted by molar-refractivity contribution is -0.137. The van der Waals surface area contributed by atoms with Crippen LogP contribution in [0.15, 0.2) is 87.6 Å². The van der Waals surface area contributed by atoms with Gasteiger partial charge in [-0.3, -0.25) is 9.59 Å². The summed E-state index contributed by atoms with van der Waals surface area (Å²) in [5.41, 5.74) is 2.14. The number of para-hydroxylation sites is 1. The van der Waals surface area contributed by atoms with E-state index in [-0.39, 0.29) is 23.9 Å². The second-order valence-corrected chi connectivity index (χ2v) is 10.5. The van der Waals surface area contributed by atoms with Crippen LogP contribution in [0.5, 0.6) is 17.2 Å². The number of nitrogens with zero attached hydrogens (tertiary/aromatic N) is 4. The van der Waals surface area contributed by atoms with Crippen LogP contribution in [0, 0.1) is 0 Å². The largest absolute Gasteiger partial charge is 0.496 e. The standard InChI is InChI=1S/C35H34N4O7/c1-4-9-24-18-23(19-30(44-5-2)33(24)45-22-32(40)38-14-16-43-17-15-38)21-36-39-34(37-27-11-7-6-10-25(27)35(39)41)31-20-26-28(42-3)12-8-13-29(26)46-31/h4,6-8,10-13,18-21H,1,5,9,14-17,22H2,2-3H3. The molecule has 46 heavy (non-hydrogen) atoms. The zero-order chi connectivity index (χ0) is 32.0. The highest BCUT2D eigenvalue weighted by Gasteiger charge is 2.21. The molecule has 3 aromatic carbocycles. The summed E-state index contributed by atoms with van der Waals surface area (Å²) in [7, 11) is 1.59. The zero-order valence-corrected chi connectivity index (χ0v) is 25.7. The van der Waals surface area contributed by atoms with Crippen LogP contribution in [0.1, 0.15) is 18.1 Å². The van der Waals surface area contributed by atoms with Crippen molar-refractivity contribution in [3.8, 4) is 28.8 Å². The molecule has 3 heterocycles. The van der Waals surface area contributed by atoms with E-state index < -0.39 is 0 Å². The van der Waals surface area contributed by atoms with Gasteiger partial charge in [0, 0.05) is 18.7 Å². The van der Waals surface area contributed by atoms with Gasteiger partial charge in [-0.05, 0) is 61.4 Å². The number of hydrogen-bond donors (Lipinski definition) is 0. The number of benzene rings is 3. The highest BCUT2D eigenvalue weighted by atomic mass is 16.5. The molecular weight excluding hydrogens is 588 g/mol. The fourth-order valence-electron chi connectivity index (χ4n) is 5.37. The van der Waals surface area contributed by atoms with Gasteiger partial charge in [0.25, 0.3) is 11.5 Å². The molecule has 1 aliphatic heterocycles. The number of rotatable bonds is 11. The van der Waals surface area contributed by atoms with Gasteiger partial charge in [0.05, 0.1) is 49.4 Å². The van der Waals surface area contributed by atoms with Gasteiger partial charge < -0.3 is 28.3 Å². The number of carbonyl (C=O) groups is 1. The number of morpholine rings is 1. The molecule has 11 nitrogen and oxygen atoms in total. The van der Waals surface area contributed by atoms with Crippen LogP contribution in [0.4, 0.5) is 0 Å². The van der Waals surface area contributed by atoms with E-state index in [1.165, 1.54) is 4.68 Å². The molecule has 0 bridgehead atoms. The summed E-state index contributed by atoms with van der Waals surface area (Å²) in [6.07, 6.45) is 3.75. The number of methoxy groups -OCH3 is 1. The van der Waals surface area contributed by atoms with Gasteiger partial charge in [-0.25, -0.2) is 4.98 Å². The fraction of sp³-hybridized carbons (Fsp3) is 0.257. The van der Waals surface area contributed by atoms with Gasteiger partial charge >= 0.3 is 0 Å². The third-order valence-corrected chi connectivity index (χ3v) is 7.56. The minimum Gasteiger partial charge on any atom is -0.496 e. The Morgan fingerprint density at radius 2 is 1.87 bits per heavy atom. The SMILES string of the molecule is C=CCc1cc(C=Nn2c(-c3cc4c(OC)cccc4o3)nc3ccccc3c2=O)cc(OCC)c1OCC(=O)N1CCOCC1. The predicted molar refractivity (Wildman–Crippen MR) is 175 cm³/mol. The van der Waals surface area contributed by atoms with Crippen LogP contribution in [-0.2, 0) is 16.0 Å². The molecule has 0 unspecified atom stereocenters. The number of ether oxygens (including phenoxy) is 4. The van der Waals surface area contributed by atoms with E-state index in [4.69, 9.17) is 28.3 Å². The maximum Gasteiger partial charge on any atom is 0.282 e. The summed E-state index contributed by atoms with van der Waals surface area (Å²) in [6.45, 7) is 8.06. The Labute approximate surface area is 265 Å². The molecule has 11 heteroatoms. The Hall–Kier alpha value is -5.42. The first-order chi connectivity index (χ1) is 22.5. The van der Waals surface area contributed by atoms with Crippen molar-refractivity contribution in [3.05, 3.63) is 94.8 Å². The quantitative estimate of drug-likeness (QED) is 0.148. The van der Waals surface area contributed by atoms with Crippen LogP contribution in [-0.4, -0.2) is 73.3 Å². The van der Waals surface area contributed by atoms with E-state index in [1.54, 1.807) is 54.6 Å². The van der Waals surface area contributed by atoms with Crippen molar-refractivity contribution in [2.45, 2.75) is 13.3 Å². The molecule has 6 rings (SSSR count). The van der Waals surface area contributed by atoms with Crippen molar-refractivity contribution >= 4 is 34.0 Å². The van der Waals surface area contributed by atoms with Crippen LogP contribution in [0.25, 0.3) is 33.5 Å². The third kappa shape index (κ3) is 6.22. The first kappa shape index (κ1) is 30.6. The lowest BCUT2D eigenvalue weighted by Crippen LogP contribution is -2.43. The van der Waals surface area contributed by atoms with Crippen molar-refractivity contribution in [1.82, 2.24) is 14.6 Å². The maximum atomic E-state index is 13.8. The van der Waals surface area contributed by atoms with Gasteiger partial charge in [-0.2, -0.15) is 9.78 Å². The summed E-state index contributed by atoms with van der Waals surface area (Å²) in [5.74, 6) is 2.01. The number of amides is 1. The minimum absolute atomic E-state index is 0.125. The van der Waals surface area contributed by atoms with Crippen molar-refractivity contribution in [3.63, 3.8) is 0 Å². The van der Waals surface area contributed by atoms with Crippen molar-refractivity contribution in [2.75, 3.05) is 46.6 Å². The van der Waals surface area contributed by atoms with Gasteiger partial charge in [-0.1, -0.05) is 24.3 Å². The normalized spacial score (nSPS) is 13.4. The molecule has 2 aromatic heterocycles. The average molecular weight is 623 g/mol. The van der Waals surface area contributed by atoms with Gasteiger partial charge in [0.1, 0.15) is 11.3 Å². The smallest absolute Gasteiger partial charge is 0.282 e. The van der Waals surface area contributed by atoms with E-state index in [1.807, 2.05) is 37.3 Å². The predicted octanol–water partition coefficient (Wildman–Crippen LogP) is 5.07. The van der Waals surface area contributed by atoms with E-state index in [0.29, 0.717) is 84.4 Å². The Morgan fingerprint density at radius 1 is 1.04 bits per heavy atom. The van der Waals surface area contributed by atoms with Gasteiger partial charge in [0.2, 0.25) is 5.82 Å². The monoisotopic (exact) mass is 622 g/mol. The maximum absolute atomic E-state index is 13.8. The summed E-state index contributed by atoms with van der Waals surface area (Å²) < 4.78 is 30.2. The van der Waals surface area contributed by atoms with E-state index in [2.05, 4.69) is 11.7 Å². The second kappa shape index (κ2) is 13.7. The molecule has 0 aliphatic carbocycles. The number of hydrogen-bond acceptors (Lipinski definition) is 9. The van der Waals surface area contributed by atoms with Crippen LogP contribution < -0.4 is 19.8 Å². The molecule has 1 saturated heterocycles. The molecule has 236 valence electrons. The molecule has 0 N–H and O–H groups in total. The number of furan rings is 1. The molecule has 1 aliphatic rings. The Bertz CT molecular complexity index is 1990. The van der Waals surface area contributed by atoms with Crippen LogP contribution in [0.2, 0.25) is 0 Å². The highest BCUT2D eigenvalue weighted by molar-refractivity contribution is 5.89. The van der Waals surface area contributed by atoms with Gasteiger partial charge in [-0.15, -0.1) is 6.58 Å². The number of carbonyl (C=O) groups excluding carboxylic acids is 1. The first-order valence-corrected chi connectivity index (χ1v) is 15.0. The molecule has 5 aromatic rings. The lowest BCUT2D eigenvalue weighted by Gasteiger charge is -2.27. The molecule has 1 amide bonds. The Kier molecular flexibility index (Phi) is 9.11.